The Balaban J connectivity index is 1.32. The van der Waals surface area contributed by atoms with Gasteiger partial charge >= 0.3 is 0 Å². The van der Waals surface area contributed by atoms with Crippen LogP contribution >= 0.6 is 0 Å². The van der Waals surface area contributed by atoms with E-state index >= 15 is 0 Å². The van der Waals surface area contributed by atoms with E-state index in [9.17, 15) is 18.4 Å². The molecule has 4 rings (SSSR count). The molecule has 0 saturated carbocycles. The minimum absolute atomic E-state index is 0.108. The number of carbonyl (C=O) groups is 2. The number of anilines is 2. The number of oxazole rings is 1. The van der Waals surface area contributed by atoms with E-state index in [0.717, 1.165) is 24.2 Å². The minimum atomic E-state index is -0.741. The molecular formula is C22H19F2N3O3. The number of carbonyl (C=O) groups excluding carboxylic acids is 2. The van der Waals surface area contributed by atoms with Crippen LogP contribution in [-0.4, -0.2) is 23.3 Å². The summed E-state index contributed by atoms with van der Waals surface area (Å²) in [6.07, 6.45) is 3.12. The summed E-state index contributed by atoms with van der Waals surface area (Å²) in [5, 5.41) is 2.78. The molecule has 1 aliphatic heterocycles. The lowest BCUT2D eigenvalue weighted by Gasteiger charge is -2.16. The maximum Gasteiger partial charge on any atom is 0.227 e. The third-order valence-corrected chi connectivity index (χ3v) is 4.85. The van der Waals surface area contributed by atoms with E-state index in [1.807, 2.05) is 0 Å². The Labute approximate surface area is 171 Å². The number of rotatable bonds is 6. The average molecular weight is 411 g/mol. The van der Waals surface area contributed by atoms with Crippen molar-refractivity contribution < 1.29 is 22.8 Å². The third-order valence-electron chi connectivity index (χ3n) is 4.85. The predicted molar refractivity (Wildman–Crippen MR) is 107 cm³/mol. The van der Waals surface area contributed by atoms with Gasteiger partial charge in [0.15, 0.2) is 11.7 Å². The lowest BCUT2D eigenvalue weighted by molar-refractivity contribution is -0.117. The van der Waals surface area contributed by atoms with E-state index in [1.165, 1.54) is 12.3 Å². The first-order valence-electron chi connectivity index (χ1n) is 9.60. The lowest BCUT2D eigenvalue weighted by atomic mass is 10.2. The number of hydrogen-bond donors (Lipinski definition) is 1. The van der Waals surface area contributed by atoms with Gasteiger partial charge in [0.05, 0.1) is 11.8 Å². The van der Waals surface area contributed by atoms with Crippen LogP contribution in [0.4, 0.5) is 20.2 Å². The van der Waals surface area contributed by atoms with Gasteiger partial charge in [-0.2, -0.15) is 0 Å². The molecular weight excluding hydrogens is 392 g/mol. The number of hydrogen-bond acceptors (Lipinski definition) is 4. The van der Waals surface area contributed by atoms with E-state index in [-0.39, 0.29) is 41.9 Å². The Kier molecular flexibility index (Phi) is 5.56. The van der Waals surface area contributed by atoms with Gasteiger partial charge in [0, 0.05) is 43.2 Å². The summed E-state index contributed by atoms with van der Waals surface area (Å²) < 4.78 is 32.3. The van der Waals surface area contributed by atoms with Crippen LogP contribution in [0.15, 0.2) is 53.1 Å². The first-order chi connectivity index (χ1) is 14.5. The Bertz CT molecular complexity index is 1080. The molecule has 2 amide bonds. The Morgan fingerprint density at radius 1 is 1.17 bits per heavy atom. The molecule has 1 N–H and O–H groups in total. The van der Waals surface area contributed by atoms with Crippen LogP contribution in [-0.2, 0) is 16.0 Å². The molecule has 0 bridgehead atoms. The molecule has 0 spiro atoms. The van der Waals surface area contributed by atoms with Crippen LogP contribution in [0.25, 0.3) is 11.3 Å². The average Bonchev–Trinajstić information content (AvgIpc) is 3.36. The molecule has 1 aromatic heterocycles. The van der Waals surface area contributed by atoms with Crippen molar-refractivity contribution in [2.45, 2.75) is 25.7 Å². The summed E-state index contributed by atoms with van der Waals surface area (Å²) in [6, 6.07) is 10.3. The van der Waals surface area contributed by atoms with Crippen molar-refractivity contribution in [3.8, 4) is 11.3 Å². The van der Waals surface area contributed by atoms with Crippen molar-refractivity contribution in [2.24, 2.45) is 0 Å². The van der Waals surface area contributed by atoms with Crippen LogP contribution in [0.1, 0.15) is 25.2 Å². The summed E-state index contributed by atoms with van der Waals surface area (Å²) in [7, 11) is 0. The summed E-state index contributed by atoms with van der Waals surface area (Å²) in [5.41, 5.74) is 1.55. The number of amides is 2. The Hall–Kier alpha value is -3.55. The second kappa shape index (κ2) is 8.44. The van der Waals surface area contributed by atoms with Crippen molar-refractivity contribution in [3.63, 3.8) is 0 Å². The standard InChI is InChI=1S/C22H19F2N3O3/c23-14-3-8-17(18(24)12-14)19-13-25-21(30-19)10-9-20(28)26-15-4-6-16(7-5-15)27-11-1-2-22(27)29/h3-8,12-13H,1-2,9-11H2,(H,26,28). The fraction of sp³-hybridized carbons (Fsp3) is 0.227. The van der Waals surface area contributed by atoms with Gasteiger partial charge in [-0.15, -0.1) is 0 Å². The molecule has 8 heteroatoms. The first kappa shape index (κ1) is 19.8. The van der Waals surface area contributed by atoms with Gasteiger partial charge in [0.25, 0.3) is 0 Å². The monoisotopic (exact) mass is 411 g/mol. The van der Waals surface area contributed by atoms with Gasteiger partial charge in [-0.25, -0.2) is 13.8 Å². The zero-order chi connectivity index (χ0) is 21.1. The molecule has 0 atom stereocenters. The molecule has 154 valence electrons. The van der Waals surface area contributed by atoms with Crippen molar-refractivity contribution in [2.75, 3.05) is 16.8 Å². The zero-order valence-corrected chi connectivity index (χ0v) is 16.0. The quantitative estimate of drug-likeness (QED) is 0.656. The van der Waals surface area contributed by atoms with E-state index in [1.54, 1.807) is 29.2 Å². The topological polar surface area (TPSA) is 75.4 Å². The number of aryl methyl sites for hydroxylation is 1. The van der Waals surface area contributed by atoms with Crippen LogP contribution in [0, 0.1) is 11.6 Å². The van der Waals surface area contributed by atoms with E-state index in [2.05, 4.69) is 10.3 Å². The van der Waals surface area contributed by atoms with Gasteiger partial charge in [0.2, 0.25) is 11.8 Å². The second-order valence-electron chi connectivity index (χ2n) is 6.99. The summed E-state index contributed by atoms with van der Waals surface area (Å²) in [6.45, 7) is 0.713. The largest absolute Gasteiger partial charge is 0.441 e. The van der Waals surface area contributed by atoms with E-state index < -0.39 is 11.6 Å². The molecule has 1 saturated heterocycles. The molecule has 1 aliphatic rings. The van der Waals surface area contributed by atoms with E-state index in [4.69, 9.17) is 4.42 Å². The maximum absolute atomic E-state index is 13.8. The predicted octanol–water partition coefficient (Wildman–Crippen LogP) is 4.32. The smallest absolute Gasteiger partial charge is 0.227 e. The minimum Gasteiger partial charge on any atom is -0.441 e. The Morgan fingerprint density at radius 2 is 1.97 bits per heavy atom. The molecule has 0 radical (unpaired) electrons. The number of aromatic nitrogens is 1. The van der Waals surface area contributed by atoms with Gasteiger partial charge in [-0.05, 0) is 42.8 Å². The fourth-order valence-corrected chi connectivity index (χ4v) is 3.33. The number of benzene rings is 2. The highest BCUT2D eigenvalue weighted by Gasteiger charge is 2.21. The van der Waals surface area contributed by atoms with Gasteiger partial charge in [-0.1, -0.05) is 0 Å². The molecule has 30 heavy (non-hydrogen) atoms. The van der Waals surface area contributed by atoms with Gasteiger partial charge in [0.1, 0.15) is 11.6 Å². The molecule has 0 unspecified atom stereocenters. The Morgan fingerprint density at radius 3 is 2.67 bits per heavy atom. The van der Waals surface area contributed by atoms with Crippen molar-refractivity contribution in [1.82, 2.24) is 4.98 Å². The highest BCUT2D eigenvalue weighted by atomic mass is 19.1. The molecule has 3 aromatic rings. The third kappa shape index (κ3) is 4.37. The highest BCUT2D eigenvalue weighted by molar-refractivity contribution is 5.96. The fourth-order valence-electron chi connectivity index (χ4n) is 3.33. The van der Waals surface area contributed by atoms with Gasteiger partial charge < -0.3 is 14.6 Å². The summed E-state index contributed by atoms with van der Waals surface area (Å²) in [5.74, 6) is -1.07. The second-order valence-corrected chi connectivity index (χ2v) is 6.99. The number of halogens is 2. The van der Waals surface area contributed by atoms with Crippen LogP contribution < -0.4 is 10.2 Å². The van der Waals surface area contributed by atoms with Crippen LogP contribution in [0.2, 0.25) is 0 Å². The number of nitrogens with one attached hydrogen (secondary N) is 1. The number of nitrogens with zero attached hydrogens (tertiary/aromatic N) is 2. The summed E-state index contributed by atoms with van der Waals surface area (Å²) in [4.78, 5) is 29.8. The summed E-state index contributed by atoms with van der Waals surface area (Å²) >= 11 is 0. The molecule has 2 aromatic carbocycles. The van der Waals surface area contributed by atoms with Crippen LogP contribution in [0.5, 0.6) is 0 Å². The lowest BCUT2D eigenvalue weighted by Crippen LogP contribution is -2.23. The van der Waals surface area contributed by atoms with Gasteiger partial charge in [-0.3, -0.25) is 9.59 Å². The molecule has 6 nitrogen and oxygen atoms in total. The zero-order valence-electron chi connectivity index (χ0n) is 16.0. The normalized spacial score (nSPS) is 13.7. The van der Waals surface area contributed by atoms with Crippen molar-refractivity contribution >= 4 is 23.2 Å². The SMILES string of the molecule is O=C(CCc1ncc(-c2ccc(F)cc2F)o1)Nc1ccc(N2CCCC2=O)cc1. The van der Waals surface area contributed by atoms with E-state index in [0.29, 0.717) is 18.7 Å². The first-order valence-corrected chi connectivity index (χ1v) is 9.60. The molecule has 0 aliphatic carbocycles. The van der Waals surface area contributed by atoms with Crippen molar-refractivity contribution in [1.29, 1.82) is 0 Å². The van der Waals surface area contributed by atoms with Crippen LogP contribution in [0.3, 0.4) is 0 Å². The molecule has 2 heterocycles. The highest BCUT2D eigenvalue weighted by Crippen LogP contribution is 2.25. The maximum atomic E-state index is 13.8. The molecule has 1 fully saturated rings. The van der Waals surface area contributed by atoms with Crippen molar-refractivity contribution in [3.05, 3.63) is 66.2 Å².